The first kappa shape index (κ1) is 24.8. The van der Waals surface area contributed by atoms with Gasteiger partial charge in [-0.2, -0.15) is 5.10 Å². The van der Waals surface area contributed by atoms with Crippen LogP contribution in [0.25, 0.3) is 0 Å². The average Bonchev–Trinajstić information content (AvgIpc) is 2.78. The van der Waals surface area contributed by atoms with E-state index in [4.69, 9.17) is 4.74 Å². The third-order valence-corrected chi connectivity index (χ3v) is 6.82. The molecular formula is C25H27N3O5S. The standard InChI is InChI=1S/C25H27N3O5S/c1-17-8-10-22(11-9-17)34(31,32)28(21-13-18(2)12-19(3)14-21)16-24(29)27-26-15-20-6-5-7-23(33-4)25(20)30/h5-15,30H,16H2,1-4H3,(H,27,29)/b26-15-. The molecule has 0 bridgehead atoms. The Kier molecular flexibility index (Phi) is 7.57. The van der Waals surface area contributed by atoms with Crippen molar-refractivity contribution in [3.63, 3.8) is 0 Å². The molecule has 0 heterocycles. The zero-order valence-electron chi connectivity index (χ0n) is 19.4. The fraction of sp³-hybridized carbons (Fsp3) is 0.200. The molecule has 0 aliphatic heterocycles. The maximum atomic E-state index is 13.5. The maximum absolute atomic E-state index is 13.5. The molecular weight excluding hydrogens is 454 g/mol. The van der Waals surface area contributed by atoms with E-state index in [1.54, 1.807) is 42.5 Å². The molecule has 1 amide bonds. The van der Waals surface area contributed by atoms with Gasteiger partial charge in [0.05, 0.1) is 23.9 Å². The molecule has 0 aliphatic rings. The van der Waals surface area contributed by atoms with Crippen molar-refractivity contribution in [1.29, 1.82) is 0 Å². The molecule has 0 saturated heterocycles. The molecule has 0 fully saturated rings. The summed E-state index contributed by atoms with van der Waals surface area (Å²) < 4.78 is 33.1. The van der Waals surface area contributed by atoms with Crippen molar-refractivity contribution < 1.29 is 23.1 Å². The van der Waals surface area contributed by atoms with Crippen molar-refractivity contribution in [2.24, 2.45) is 5.10 Å². The summed E-state index contributed by atoms with van der Waals surface area (Å²) in [6, 6.07) is 16.6. The Morgan fingerprint density at radius 3 is 2.29 bits per heavy atom. The smallest absolute Gasteiger partial charge is 0.264 e. The lowest BCUT2D eigenvalue weighted by molar-refractivity contribution is -0.119. The Morgan fingerprint density at radius 2 is 1.68 bits per heavy atom. The van der Waals surface area contributed by atoms with Gasteiger partial charge in [0, 0.05) is 5.56 Å². The predicted molar refractivity (Wildman–Crippen MR) is 132 cm³/mol. The Morgan fingerprint density at radius 1 is 1.03 bits per heavy atom. The monoisotopic (exact) mass is 481 g/mol. The summed E-state index contributed by atoms with van der Waals surface area (Å²) in [5.41, 5.74) is 5.69. The molecule has 0 aliphatic carbocycles. The number of ether oxygens (including phenoxy) is 1. The van der Waals surface area contributed by atoms with Crippen LogP contribution in [0.15, 0.2) is 70.7 Å². The number of sulfonamides is 1. The number of hydrazone groups is 1. The van der Waals surface area contributed by atoms with Crippen molar-refractivity contribution in [3.8, 4) is 11.5 Å². The number of aromatic hydroxyl groups is 1. The molecule has 9 heteroatoms. The number of rotatable bonds is 8. The lowest BCUT2D eigenvalue weighted by atomic mass is 10.1. The van der Waals surface area contributed by atoms with Crippen LogP contribution in [0.5, 0.6) is 11.5 Å². The minimum absolute atomic E-state index is 0.0786. The minimum atomic E-state index is -4.03. The van der Waals surface area contributed by atoms with E-state index in [1.165, 1.54) is 25.5 Å². The number of carbonyl (C=O) groups is 1. The highest BCUT2D eigenvalue weighted by Gasteiger charge is 2.27. The molecule has 3 aromatic rings. The molecule has 3 rings (SSSR count). The first-order valence-electron chi connectivity index (χ1n) is 10.5. The number of hydrogen-bond donors (Lipinski definition) is 2. The van der Waals surface area contributed by atoms with Crippen LogP contribution in [-0.4, -0.2) is 39.3 Å². The normalized spacial score (nSPS) is 11.4. The van der Waals surface area contributed by atoms with Gasteiger partial charge in [-0.25, -0.2) is 13.8 Å². The van der Waals surface area contributed by atoms with Gasteiger partial charge in [-0.1, -0.05) is 29.8 Å². The number of anilines is 1. The molecule has 8 nitrogen and oxygen atoms in total. The van der Waals surface area contributed by atoms with Gasteiger partial charge in [0.25, 0.3) is 15.9 Å². The Balaban J connectivity index is 1.88. The summed E-state index contributed by atoms with van der Waals surface area (Å²) in [6.45, 7) is 5.10. The van der Waals surface area contributed by atoms with Crippen LogP contribution < -0.4 is 14.5 Å². The molecule has 3 aromatic carbocycles. The van der Waals surface area contributed by atoms with Crippen LogP contribution >= 0.6 is 0 Å². The van der Waals surface area contributed by atoms with Crippen LogP contribution in [0.1, 0.15) is 22.3 Å². The number of phenols is 1. The van der Waals surface area contributed by atoms with E-state index in [9.17, 15) is 18.3 Å². The topological polar surface area (TPSA) is 108 Å². The number of carbonyl (C=O) groups excluding carboxylic acids is 1. The Labute approximate surface area is 199 Å². The molecule has 0 saturated carbocycles. The highest BCUT2D eigenvalue weighted by Crippen LogP contribution is 2.28. The molecule has 178 valence electrons. The highest BCUT2D eigenvalue weighted by atomic mass is 32.2. The number of nitrogens with one attached hydrogen (secondary N) is 1. The number of para-hydroxylation sites is 1. The van der Waals surface area contributed by atoms with E-state index in [0.29, 0.717) is 11.3 Å². The van der Waals surface area contributed by atoms with Gasteiger partial charge in [0.1, 0.15) is 6.54 Å². The number of methoxy groups -OCH3 is 1. The van der Waals surface area contributed by atoms with Gasteiger partial charge >= 0.3 is 0 Å². The second-order valence-electron chi connectivity index (χ2n) is 7.86. The van der Waals surface area contributed by atoms with Crippen LogP contribution in [0.3, 0.4) is 0 Å². The molecule has 0 spiro atoms. The fourth-order valence-electron chi connectivity index (χ4n) is 3.39. The van der Waals surface area contributed by atoms with Crippen molar-refractivity contribution >= 4 is 27.8 Å². The second kappa shape index (κ2) is 10.4. The zero-order chi connectivity index (χ0) is 24.9. The van der Waals surface area contributed by atoms with Gasteiger partial charge in [-0.3, -0.25) is 9.10 Å². The van der Waals surface area contributed by atoms with E-state index < -0.39 is 22.5 Å². The van der Waals surface area contributed by atoms with E-state index in [0.717, 1.165) is 21.0 Å². The summed E-state index contributed by atoms with van der Waals surface area (Å²) in [6.07, 6.45) is 1.26. The average molecular weight is 482 g/mol. The summed E-state index contributed by atoms with van der Waals surface area (Å²) in [5, 5.41) is 14.0. The van der Waals surface area contributed by atoms with Gasteiger partial charge in [0.2, 0.25) is 0 Å². The third kappa shape index (κ3) is 5.74. The van der Waals surface area contributed by atoms with Crippen molar-refractivity contribution in [3.05, 3.63) is 82.9 Å². The number of phenolic OH excluding ortho intramolecular Hbond substituents is 1. The quantitative estimate of drug-likeness (QED) is 0.377. The highest BCUT2D eigenvalue weighted by molar-refractivity contribution is 7.92. The van der Waals surface area contributed by atoms with Crippen LogP contribution in [0.4, 0.5) is 5.69 Å². The van der Waals surface area contributed by atoms with Gasteiger partial charge < -0.3 is 9.84 Å². The summed E-state index contributed by atoms with van der Waals surface area (Å²) in [7, 11) is -2.60. The van der Waals surface area contributed by atoms with E-state index in [2.05, 4.69) is 10.5 Å². The first-order chi connectivity index (χ1) is 16.1. The minimum Gasteiger partial charge on any atom is -0.504 e. The van der Waals surface area contributed by atoms with Gasteiger partial charge in [-0.15, -0.1) is 0 Å². The SMILES string of the molecule is COc1cccc(/C=N\NC(=O)CN(c2cc(C)cc(C)c2)S(=O)(=O)c2ccc(C)cc2)c1O. The van der Waals surface area contributed by atoms with Crippen molar-refractivity contribution in [1.82, 2.24) is 5.43 Å². The second-order valence-corrected chi connectivity index (χ2v) is 9.72. The number of nitrogens with zero attached hydrogens (tertiary/aromatic N) is 2. The lowest BCUT2D eigenvalue weighted by Gasteiger charge is -2.24. The zero-order valence-corrected chi connectivity index (χ0v) is 20.3. The summed E-state index contributed by atoms with van der Waals surface area (Å²) in [4.78, 5) is 12.8. The first-order valence-corrected chi connectivity index (χ1v) is 11.9. The Bertz CT molecular complexity index is 1300. The number of amides is 1. The van der Waals surface area contributed by atoms with Crippen LogP contribution in [-0.2, 0) is 14.8 Å². The molecule has 0 radical (unpaired) electrons. The van der Waals surface area contributed by atoms with Crippen LogP contribution in [0, 0.1) is 20.8 Å². The van der Waals surface area contributed by atoms with Gasteiger partial charge in [-0.05, 0) is 68.3 Å². The largest absolute Gasteiger partial charge is 0.504 e. The molecule has 0 atom stereocenters. The maximum Gasteiger partial charge on any atom is 0.264 e. The van der Waals surface area contributed by atoms with Crippen molar-refractivity contribution in [2.75, 3.05) is 18.0 Å². The predicted octanol–water partition coefficient (Wildman–Crippen LogP) is 3.67. The third-order valence-electron chi connectivity index (χ3n) is 5.03. The number of hydrogen-bond acceptors (Lipinski definition) is 6. The Hall–Kier alpha value is -3.85. The van der Waals surface area contributed by atoms with Crippen LogP contribution in [0.2, 0.25) is 0 Å². The number of benzene rings is 3. The number of aryl methyl sites for hydroxylation is 3. The molecule has 0 unspecified atom stereocenters. The van der Waals surface area contributed by atoms with Gasteiger partial charge in [0.15, 0.2) is 11.5 Å². The molecule has 0 aromatic heterocycles. The van der Waals surface area contributed by atoms with Crippen molar-refractivity contribution in [2.45, 2.75) is 25.7 Å². The van der Waals surface area contributed by atoms with E-state index in [1.807, 2.05) is 26.8 Å². The van der Waals surface area contributed by atoms with E-state index in [-0.39, 0.29) is 16.4 Å². The summed E-state index contributed by atoms with van der Waals surface area (Å²) >= 11 is 0. The summed E-state index contributed by atoms with van der Waals surface area (Å²) in [5.74, 6) is -0.504. The molecule has 34 heavy (non-hydrogen) atoms. The van der Waals surface area contributed by atoms with E-state index >= 15 is 0 Å². The fourth-order valence-corrected chi connectivity index (χ4v) is 4.80. The molecule has 2 N–H and O–H groups in total. The lowest BCUT2D eigenvalue weighted by Crippen LogP contribution is -2.39.